The van der Waals surface area contributed by atoms with E-state index in [1.807, 2.05) is 17.7 Å². The zero-order chi connectivity index (χ0) is 17.2. The standard InChI is InChI=1S/C19H28N4O2/c1-14-17(6-11-25-14)18-12-19(23(21-18)9-10-24)20-16-4-7-22(8-5-16)13-15-2-3-15/h6,11-12,15-16,20,24H,2-5,7-10,13H2,1H3. The van der Waals surface area contributed by atoms with Crippen LogP contribution in [0.3, 0.4) is 0 Å². The lowest BCUT2D eigenvalue weighted by molar-refractivity contribution is 0.210. The summed E-state index contributed by atoms with van der Waals surface area (Å²) in [6, 6.07) is 4.49. The molecule has 0 spiro atoms. The number of aliphatic hydroxyl groups is 1. The highest BCUT2D eigenvalue weighted by Crippen LogP contribution is 2.31. The minimum absolute atomic E-state index is 0.0833. The number of piperidine rings is 1. The van der Waals surface area contributed by atoms with Crippen molar-refractivity contribution < 1.29 is 9.52 Å². The van der Waals surface area contributed by atoms with Crippen LogP contribution in [0.4, 0.5) is 5.82 Å². The van der Waals surface area contributed by atoms with Gasteiger partial charge >= 0.3 is 0 Å². The number of likely N-dealkylation sites (tertiary alicyclic amines) is 1. The fourth-order valence-electron chi connectivity index (χ4n) is 3.72. The van der Waals surface area contributed by atoms with E-state index in [9.17, 15) is 5.11 Å². The molecule has 0 amide bonds. The van der Waals surface area contributed by atoms with Gasteiger partial charge in [0.25, 0.3) is 0 Å². The fraction of sp³-hybridized carbons (Fsp3) is 0.632. The van der Waals surface area contributed by atoms with Crippen LogP contribution < -0.4 is 5.32 Å². The third-order valence-electron chi connectivity index (χ3n) is 5.38. The number of furan rings is 1. The SMILES string of the molecule is Cc1occc1-c1cc(NC2CCN(CC3CC3)CC2)n(CCO)n1. The van der Waals surface area contributed by atoms with Crippen molar-refractivity contribution in [2.45, 2.75) is 45.2 Å². The summed E-state index contributed by atoms with van der Waals surface area (Å²) >= 11 is 0. The number of aryl methyl sites for hydroxylation is 1. The molecule has 2 aromatic rings. The number of anilines is 1. The number of rotatable bonds is 7. The summed E-state index contributed by atoms with van der Waals surface area (Å²) in [5.74, 6) is 2.83. The predicted octanol–water partition coefficient (Wildman–Crippen LogP) is 2.73. The van der Waals surface area contributed by atoms with Crippen LogP contribution in [-0.2, 0) is 6.54 Å². The van der Waals surface area contributed by atoms with Gasteiger partial charge in [-0.05, 0) is 44.6 Å². The first kappa shape index (κ1) is 16.7. The molecule has 1 saturated heterocycles. The van der Waals surface area contributed by atoms with Gasteiger partial charge in [0.05, 0.1) is 25.1 Å². The maximum Gasteiger partial charge on any atom is 0.125 e. The van der Waals surface area contributed by atoms with Gasteiger partial charge in [0.2, 0.25) is 0 Å². The Balaban J connectivity index is 1.42. The number of aliphatic hydroxyl groups excluding tert-OH is 1. The molecule has 2 aliphatic rings. The van der Waals surface area contributed by atoms with Gasteiger partial charge in [-0.1, -0.05) is 0 Å². The van der Waals surface area contributed by atoms with Gasteiger partial charge in [-0.3, -0.25) is 0 Å². The minimum atomic E-state index is 0.0833. The van der Waals surface area contributed by atoms with E-state index < -0.39 is 0 Å². The highest BCUT2D eigenvalue weighted by atomic mass is 16.3. The maximum atomic E-state index is 9.36. The average molecular weight is 344 g/mol. The van der Waals surface area contributed by atoms with Crippen molar-refractivity contribution in [3.8, 4) is 11.3 Å². The summed E-state index contributed by atoms with van der Waals surface area (Å²) < 4.78 is 7.28. The zero-order valence-electron chi connectivity index (χ0n) is 14.9. The topological polar surface area (TPSA) is 66.5 Å². The Kier molecular flexibility index (Phi) is 4.81. The number of hydrogen-bond acceptors (Lipinski definition) is 5. The van der Waals surface area contributed by atoms with Gasteiger partial charge in [0.1, 0.15) is 11.6 Å². The summed E-state index contributed by atoms with van der Waals surface area (Å²) in [5.41, 5.74) is 1.91. The Morgan fingerprint density at radius 3 is 2.72 bits per heavy atom. The first-order chi connectivity index (χ1) is 12.2. The Bertz CT molecular complexity index is 696. The highest BCUT2D eigenvalue weighted by molar-refractivity contribution is 5.64. The summed E-state index contributed by atoms with van der Waals surface area (Å²) in [6.07, 6.45) is 6.87. The zero-order valence-corrected chi connectivity index (χ0v) is 14.9. The molecular formula is C19H28N4O2. The number of hydrogen-bond donors (Lipinski definition) is 2. The van der Waals surface area contributed by atoms with Gasteiger partial charge in [-0.2, -0.15) is 5.10 Å². The van der Waals surface area contributed by atoms with Crippen LogP contribution in [0, 0.1) is 12.8 Å². The molecule has 25 heavy (non-hydrogen) atoms. The van der Waals surface area contributed by atoms with Crippen molar-refractivity contribution in [1.82, 2.24) is 14.7 Å². The molecule has 2 fully saturated rings. The molecule has 0 atom stereocenters. The molecular weight excluding hydrogens is 316 g/mol. The van der Waals surface area contributed by atoms with Crippen molar-refractivity contribution >= 4 is 5.82 Å². The molecule has 0 radical (unpaired) electrons. The van der Waals surface area contributed by atoms with Crippen LogP contribution >= 0.6 is 0 Å². The molecule has 0 aromatic carbocycles. The predicted molar refractivity (Wildman–Crippen MR) is 97.6 cm³/mol. The van der Waals surface area contributed by atoms with Crippen LogP contribution in [0.2, 0.25) is 0 Å². The molecule has 6 nitrogen and oxygen atoms in total. The Hall–Kier alpha value is -1.79. The second-order valence-corrected chi connectivity index (χ2v) is 7.41. The van der Waals surface area contributed by atoms with E-state index in [2.05, 4.69) is 21.4 Å². The quantitative estimate of drug-likeness (QED) is 0.808. The normalized spacial score (nSPS) is 19.4. The lowest BCUT2D eigenvalue weighted by atomic mass is 10.0. The summed E-state index contributed by atoms with van der Waals surface area (Å²) in [4.78, 5) is 2.61. The summed E-state index contributed by atoms with van der Waals surface area (Å²) in [6.45, 7) is 6.17. The first-order valence-electron chi connectivity index (χ1n) is 9.45. The van der Waals surface area contributed by atoms with Crippen molar-refractivity contribution in [2.75, 3.05) is 31.6 Å². The van der Waals surface area contributed by atoms with Gasteiger partial charge in [-0.25, -0.2) is 4.68 Å². The van der Waals surface area contributed by atoms with Crippen LogP contribution in [-0.4, -0.2) is 52.1 Å². The minimum Gasteiger partial charge on any atom is -0.469 e. The van der Waals surface area contributed by atoms with Crippen LogP contribution in [0.1, 0.15) is 31.4 Å². The molecule has 136 valence electrons. The van der Waals surface area contributed by atoms with Crippen molar-refractivity contribution in [2.24, 2.45) is 5.92 Å². The van der Waals surface area contributed by atoms with Crippen molar-refractivity contribution in [3.63, 3.8) is 0 Å². The molecule has 1 aliphatic heterocycles. The second-order valence-electron chi connectivity index (χ2n) is 7.41. The van der Waals surface area contributed by atoms with E-state index in [4.69, 9.17) is 4.42 Å². The monoisotopic (exact) mass is 344 g/mol. The van der Waals surface area contributed by atoms with Crippen molar-refractivity contribution in [3.05, 3.63) is 24.2 Å². The molecule has 6 heteroatoms. The van der Waals surface area contributed by atoms with E-state index in [-0.39, 0.29) is 6.61 Å². The Morgan fingerprint density at radius 1 is 1.28 bits per heavy atom. The molecule has 0 unspecified atom stereocenters. The lowest BCUT2D eigenvalue weighted by Gasteiger charge is -2.32. The Morgan fingerprint density at radius 2 is 2.08 bits per heavy atom. The van der Waals surface area contributed by atoms with E-state index in [1.165, 1.54) is 32.5 Å². The largest absolute Gasteiger partial charge is 0.469 e. The number of nitrogens with one attached hydrogen (secondary N) is 1. The molecule has 2 N–H and O–H groups in total. The van der Waals surface area contributed by atoms with Crippen LogP contribution in [0.5, 0.6) is 0 Å². The molecule has 1 aliphatic carbocycles. The maximum absolute atomic E-state index is 9.36. The molecule has 2 aromatic heterocycles. The van der Waals surface area contributed by atoms with E-state index in [1.54, 1.807) is 6.26 Å². The molecule has 4 rings (SSSR count). The van der Waals surface area contributed by atoms with E-state index >= 15 is 0 Å². The second kappa shape index (κ2) is 7.22. The van der Waals surface area contributed by atoms with Gasteiger partial charge < -0.3 is 19.7 Å². The number of aromatic nitrogens is 2. The third kappa shape index (κ3) is 3.90. The first-order valence-corrected chi connectivity index (χ1v) is 9.45. The molecule has 0 bridgehead atoms. The van der Waals surface area contributed by atoms with Crippen LogP contribution in [0.15, 0.2) is 22.8 Å². The van der Waals surface area contributed by atoms with Crippen LogP contribution in [0.25, 0.3) is 11.3 Å². The third-order valence-corrected chi connectivity index (χ3v) is 5.38. The highest BCUT2D eigenvalue weighted by Gasteiger charge is 2.27. The van der Waals surface area contributed by atoms with Gasteiger partial charge in [0, 0.05) is 37.3 Å². The van der Waals surface area contributed by atoms with Gasteiger partial charge in [-0.15, -0.1) is 0 Å². The Labute approximate surface area is 148 Å². The van der Waals surface area contributed by atoms with E-state index in [0.717, 1.165) is 41.6 Å². The number of nitrogens with zero attached hydrogens (tertiary/aromatic N) is 3. The van der Waals surface area contributed by atoms with Crippen molar-refractivity contribution in [1.29, 1.82) is 0 Å². The average Bonchev–Trinajstić information content (AvgIpc) is 3.19. The summed E-state index contributed by atoms with van der Waals surface area (Å²) in [5, 5.41) is 17.7. The summed E-state index contributed by atoms with van der Waals surface area (Å²) in [7, 11) is 0. The molecule has 3 heterocycles. The molecule has 1 saturated carbocycles. The smallest absolute Gasteiger partial charge is 0.125 e. The van der Waals surface area contributed by atoms with E-state index in [0.29, 0.717) is 12.6 Å². The lowest BCUT2D eigenvalue weighted by Crippen LogP contribution is -2.40. The fourth-order valence-corrected chi connectivity index (χ4v) is 3.72. The van der Waals surface area contributed by atoms with Gasteiger partial charge in [0.15, 0.2) is 0 Å².